The number of amides is 1. The molecule has 20 heavy (non-hydrogen) atoms. The zero-order valence-electron chi connectivity index (χ0n) is 12.9. The Morgan fingerprint density at radius 3 is 2.75 bits per heavy atom. The molecule has 1 heterocycles. The third-order valence-electron chi connectivity index (χ3n) is 4.21. The quantitative estimate of drug-likeness (QED) is 0.896. The summed E-state index contributed by atoms with van der Waals surface area (Å²) in [6.45, 7) is 6.66. The lowest BCUT2D eigenvalue weighted by atomic mass is 9.75. The Labute approximate surface area is 126 Å². The van der Waals surface area contributed by atoms with Crippen LogP contribution in [0.4, 0.5) is 0 Å². The van der Waals surface area contributed by atoms with Gasteiger partial charge in [-0.05, 0) is 50.9 Å². The van der Waals surface area contributed by atoms with Crippen LogP contribution < -0.4 is 5.32 Å². The molecule has 4 heteroatoms. The second kappa shape index (κ2) is 6.70. The number of rotatable bonds is 5. The molecular weight excluding hydrogens is 268 g/mol. The van der Waals surface area contributed by atoms with E-state index in [2.05, 4.69) is 29.5 Å². The van der Waals surface area contributed by atoms with Crippen LogP contribution in [0.15, 0.2) is 5.38 Å². The van der Waals surface area contributed by atoms with Gasteiger partial charge in [0, 0.05) is 17.8 Å². The largest absolute Gasteiger partial charge is 0.353 e. The van der Waals surface area contributed by atoms with Crippen LogP contribution in [0.5, 0.6) is 0 Å². The Hall–Kier alpha value is -0.900. The van der Waals surface area contributed by atoms with E-state index in [1.807, 2.05) is 6.92 Å². The summed E-state index contributed by atoms with van der Waals surface area (Å²) < 4.78 is 0. The molecule has 0 bridgehead atoms. The van der Waals surface area contributed by atoms with Gasteiger partial charge in [-0.1, -0.05) is 13.8 Å². The van der Waals surface area contributed by atoms with E-state index in [1.165, 1.54) is 12.8 Å². The minimum absolute atomic E-state index is 0.210. The molecule has 0 saturated heterocycles. The van der Waals surface area contributed by atoms with Crippen LogP contribution in [0.2, 0.25) is 0 Å². The van der Waals surface area contributed by atoms with Crippen LogP contribution in [-0.2, 0) is 11.2 Å². The summed E-state index contributed by atoms with van der Waals surface area (Å²) in [6.07, 6.45) is 7.12. The number of carbonyl (C=O) groups is 1. The van der Waals surface area contributed by atoms with Crippen molar-refractivity contribution in [2.45, 2.75) is 71.8 Å². The van der Waals surface area contributed by atoms with Crippen molar-refractivity contribution < 1.29 is 4.79 Å². The highest BCUT2D eigenvalue weighted by atomic mass is 32.1. The Balaban J connectivity index is 1.63. The van der Waals surface area contributed by atoms with E-state index in [0.717, 1.165) is 36.4 Å². The Morgan fingerprint density at radius 1 is 1.45 bits per heavy atom. The predicted octanol–water partition coefficient (Wildman–Crippen LogP) is 3.86. The average Bonchev–Trinajstić information content (AvgIpc) is 2.78. The first-order valence-corrected chi connectivity index (χ1v) is 8.53. The highest BCUT2D eigenvalue weighted by Gasteiger charge is 2.27. The first-order chi connectivity index (χ1) is 9.44. The van der Waals surface area contributed by atoms with Crippen LogP contribution in [0.3, 0.4) is 0 Å². The van der Waals surface area contributed by atoms with Gasteiger partial charge in [0.15, 0.2) is 0 Å². The Morgan fingerprint density at radius 2 is 2.15 bits per heavy atom. The van der Waals surface area contributed by atoms with E-state index < -0.39 is 0 Å². The van der Waals surface area contributed by atoms with Gasteiger partial charge in [-0.2, -0.15) is 0 Å². The van der Waals surface area contributed by atoms with Crippen LogP contribution >= 0.6 is 11.3 Å². The topological polar surface area (TPSA) is 42.0 Å². The monoisotopic (exact) mass is 294 g/mol. The van der Waals surface area contributed by atoms with E-state index in [4.69, 9.17) is 0 Å². The van der Waals surface area contributed by atoms with Gasteiger partial charge in [0.2, 0.25) is 5.91 Å². The van der Waals surface area contributed by atoms with Crippen molar-refractivity contribution in [3.8, 4) is 0 Å². The fraction of sp³-hybridized carbons (Fsp3) is 0.750. The first-order valence-electron chi connectivity index (χ1n) is 7.65. The van der Waals surface area contributed by atoms with Gasteiger partial charge in [-0.3, -0.25) is 4.79 Å². The maximum absolute atomic E-state index is 11.9. The molecule has 112 valence electrons. The lowest BCUT2D eigenvalue weighted by Gasteiger charge is -2.34. The van der Waals surface area contributed by atoms with E-state index >= 15 is 0 Å². The zero-order chi connectivity index (χ0) is 14.6. The van der Waals surface area contributed by atoms with Gasteiger partial charge in [-0.25, -0.2) is 4.98 Å². The molecule has 1 aromatic heterocycles. The van der Waals surface area contributed by atoms with Crippen LogP contribution in [-0.4, -0.2) is 16.9 Å². The van der Waals surface area contributed by atoms with Gasteiger partial charge in [0.05, 0.1) is 10.7 Å². The number of nitrogens with zero attached hydrogens (tertiary/aromatic N) is 1. The molecule has 3 nitrogen and oxygen atoms in total. The van der Waals surface area contributed by atoms with Crippen LogP contribution in [0.25, 0.3) is 0 Å². The molecule has 0 aliphatic heterocycles. The second-order valence-corrected chi connectivity index (χ2v) is 7.78. The molecule has 1 aromatic rings. The number of aryl methyl sites for hydroxylation is 2. The summed E-state index contributed by atoms with van der Waals surface area (Å²) in [5.74, 6) is 0.210. The summed E-state index contributed by atoms with van der Waals surface area (Å²) in [4.78, 5) is 16.4. The lowest BCUT2D eigenvalue weighted by Crippen LogP contribution is -2.39. The van der Waals surface area contributed by atoms with Crippen molar-refractivity contribution in [2.75, 3.05) is 0 Å². The van der Waals surface area contributed by atoms with Gasteiger partial charge in [0.1, 0.15) is 0 Å². The van der Waals surface area contributed by atoms with Crippen LogP contribution in [0.1, 0.15) is 63.1 Å². The molecule has 1 aliphatic rings. The maximum atomic E-state index is 11.9. The standard InChI is InChI=1S/C16H26N2OS/c1-12-17-14(11-20-12)5-4-6-15(19)18-13-7-9-16(2,3)10-8-13/h11,13H,4-10H2,1-3H3,(H,18,19). The molecule has 0 aromatic carbocycles. The normalized spacial score (nSPS) is 18.9. The second-order valence-electron chi connectivity index (χ2n) is 6.72. The highest BCUT2D eigenvalue weighted by molar-refractivity contribution is 7.09. The summed E-state index contributed by atoms with van der Waals surface area (Å²) in [6, 6.07) is 0.400. The predicted molar refractivity (Wildman–Crippen MR) is 84.0 cm³/mol. The molecule has 0 atom stereocenters. The van der Waals surface area contributed by atoms with Gasteiger partial charge in [0.25, 0.3) is 0 Å². The number of carbonyl (C=O) groups excluding carboxylic acids is 1. The summed E-state index contributed by atoms with van der Waals surface area (Å²) in [5.41, 5.74) is 1.59. The van der Waals surface area contributed by atoms with Crippen molar-refractivity contribution in [1.29, 1.82) is 0 Å². The molecule has 1 amide bonds. The smallest absolute Gasteiger partial charge is 0.220 e. The summed E-state index contributed by atoms with van der Waals surface area (Å²) in [5, 5.41) is 6.39. The molecule has 1 N–H and O–H groups in total. The Bertz CT molecular complexity index is 443. The molecule has 0 spiro atoms. The molecule has 2 rings (SSSR count). The first kappa shape index (κ1) is 15.5. The van der Waals surface area contributed by atoms with Crippen molar-refractivity contribution in [3.63, 3.8) is 0 Å². The van der Waals surface area contributed by atoms with E-state index in [9.17, 15) is 4.79 Å². The fourth-order valence-electron chi connectivity index (χ4n) is 2.80. The molecule has 1 saturated carbocycles. The average molecular weight is 294 g/mol. The van der Waals surface area contributed by atoms with Crippen molar-refractivity contribution in [3.05, 3.63) is 16.1 Å². The third kappa shape index (κ3) is 4.89. The Kier molecular flexibility index (Phi) is 5.19. The third-order valence-corrected chi connectivity index (χ3v) is 5.03. The van der Waals surface area contributed by atoms with Crippen LogP contribution in [0, 0.1) is 12.3 Å². The number of nitrogens with one attached hydrogen (secondary N) is 1. The SMILES string of the molecule is Cc1nc(CCCC(=O)NC2CCC(C)(C)CC2)cs1. The number of hydrogen-bond donors (Lipinski definition) is 1. The van der Waals surface area contributed by atoms with Crippen molar-refractivity contribution >= 4 is 17.2 Å². The van der Waals surface area contributed by atoms with Gasteiger partial charge in [-0.15, -0.1) is 11.3 Å². The fourth-order valence-corrected chi connectivity index (χ4v) is 3.44. The van der Waals surface area contributed by atoms with E-state index in [-0.39, 0.29) is 5.91 Å². The van der Waals surface area contributed by atoms with E-state index in [0.29, 0.717) is 17.9 Å². The molecule has 1 fully saturated rings. The van der Waals surface area contributed by atoms with Gasteiger partial charge < -0.3 is 5.32 Å². The lowest BCUT2D eigenvalue weighted by molar-refractivity contribution is -0.122. The minimum Gasteiger partial charge on any atom is -0.353 e. The molecule has 1 aliphatic carbocycles. The van der Waals surface area contributed by atoms with Crippen molar-refractivity contribution in [2.24, 2.45) is 5.41 Å². The highest BCUT2D eigenvalue weighted by Crippen LogP contribution is 2.34. The van der Waals surface area contributed by atoms with E-state index in [1.54, 1.807) is 11.3 Å². The molecular formula is C16H26N2OS. The minimum atomic E-state index is 0.210. The van der Waals surface area contributed by atoms with Gasteiger partial charge >= 0.3 is 0 Å². The summed E-state index contributed by atoms with van der Waals surface area (Å²) in [7, 11) is 0. The van der Waals surface area contributed by atoms with Crippen molar-refractivity contribution in [1.82, 2.24) is 10.3 Å². The zero-order valence-corrected chi connectivity index (χ0v) is 13.7. The summed E-state index contributed by atoms with van der Waals surface area (Å²) >= 11 is 1.68. The molecule has 0 unspecified atom stereocenters. The number of hydrogen-bond acceptors (Lipinski definition) is 3. The maximum Gasteiger partial charge on any atom is 0.220 e. The molecule has 0 radical (unpaired) electrons. The number of aromatic nitrogens is 1. The number of thiazole rings is 1.